The Kier molecular flexibility index (Phi) is 5.43. The lowest BCUT2D eigenvalue weighted by atomic mass is 10.1. The minimum Gasteiger partial charge on any atom is -0.493 e. The third kappa shape index (κ3) is 4.33. The first-order valence-electron chi connectivity index (χ1n) is 9.02. The number of carbonyl (C=O) groups is 1. The SMILES string of the molecule is CC(C)(C)NCCCOc1ccccc1-c1cc2c(C=O)cccc2[nH]1. The van der Waals surface area contributed by atoms with Crippen molar-refractivity contribution in [2.45, 2.75) is 32.7 Å². The molecule has 0 bridgehead atoms. The van der Waals surface area contributed by atoms with Crippen LogP contribution >= 0.6 is 0 Å². The summed E-state index contributed by atoms with van der Waals surface area (Å²) in [6.45, 7) is 8.05. The number of fused-ring (bicyclic) bond motifs is 1. The Bertz CT molecular complexity index is 891. The van der Waals surface area contributed by atoms with Gasteiger partial charge in [0.2, 0.25) is 0 Å². The first-order valence-corrected chi connectivity index (χ1v) is 9.02. The average molecular weight is 350 g/mol. The van der Waals surface area contributed by atoms with Crippen molar-refractivity contribution in [3.05, 3.63) is 54.1 Å². The van der Waals surface area contributed by atoms with Gasteiger partial charge in [0.25, 0.3) is 0 Å². The molecule has 26 heavy (non-hydrogen) atoms. The van der Waals surface area contributed by atoms with Crippen LogP contribution in [0, 0.1) is 0 Å². The largest absolute Gasteiger partial charge is 0.493 e. The number of hydrogen-bond acceptors (Lipinski definition) is 3. The molecular weight excluding hydrogens is 324 g/mol. The van der Waals surface area contributed by atoms with Crippen LogP contribution in [0.15, 0.2) is 48.5 Å². The van der Waals surface area contributed by atoms with E-state index in [4.69, 9.17) is 4.74 Å². The van der Waals surface area contributed by atoms with Gasteiger partial charge in [-0.25, -0.2) is 0 Å². The monoisotopic (exact) mass is 350 g/mol. The quantitative estimate of drug-likeness (QED) is 0.475. The van der Waals surface area contributed by atoms with Crippen LogP contribution in [0.5, 0.6) is 5.75 Å². The van der Waals surface area contributed by atoms with Crippen LogP contribution in [0.4, 0.5) is 0 Å². The summed E-state index contributed by atoms with van der Waals surface area (Å²) in [5.74, 6) is 0.850. The minimum atomic E-state index is 0.124. The molecule has 0 unspecified atom stereocenters. The molecule has 0 aliphatic heterocycles. The number of ether oxygens (including phenoxy) is 1. The summed E-state index contributed by atoms with van der Waals surface area (Å²) in [5.41, 5.74) is 3.73. The van der Waals surface area contributed by atoms with Gasteiger partial charge < -0.3 is 15.0 Å². The highest BCUT2D eigenvalue weighted by Gasteiger charge is 2.11. The molecule has 2 aromatic carbocycles. The van der Waals surface area contributed by atoms with Crippen molar-refractivity contribution < 1.29 is 9.53 Å². The minimum absolute atomic E-state index is 0.124. The summed E-state index contributed by atoms with van der Waals surface area (Å²) in [5, 5.41) is 4.40. The molecule has 1 heterocycles. The van der Waals surface area contributed by atoms with E-state index in [1.54, 1.807) is 0 Å². The van der Waals surface area contributed by atoms with E-state index in [0.717, 1.165) is 47.2 Å². The van der Waals surface area contributed by atoms with E-state index < -0.39 is 0 Å². The Hall–Kier alpha value is -2.59. The van der Waals surface area contributed by atoms with E-state index in [0.29, 0.717) is 12.2 Å². The summed E-state index contributed by atoms with van der Waals surface area (Å²) in [4.78, 5) is 14.7. The van der Waals surface area contributed by atoms with Gasteiger partial charge in [-0.3, -0.25) is 4.79 Å². The van der Waals surface area contributed by atoms with Gasteiger partial charge in [0.1, 0.15) is 5.75 Å². The van der Waals surface area contributed by atoms with Crippen molar-refractivity contribution >= 4 is 17.2 Å². The van der Waals surface area contributed by atoms with Gasteiger partial charge in [0, 0.05) is 27.6 Å². The number of nitrogens with one attached hydrogen (secondary N) is 2. The standard InChI is InChI=1S/C22H26N2O2/c1-22(2,3)23-12-7-13-26-21-11-5-4-9-17(21)20-14-18-16(15-25)8-6-10-19(18)24-20/h4-6,8-11,14-15,23-24H,7,12-13H2,1-3H3. The van der Waals surface area contributed by atoms with Gasteiger partial charge in [-0.1, -0.05) is 24.3 Å². The summed E-state index contributed by atoms with van der Waals surface area (Å²) < 4.78 is 6.03. The predicted octanol–water partition coefficient (Wildman–Crippen LogP) is 4.80. The molecule has 0 fully saturated rings. The van der Waals surface area contributed by atoms with Gasteiger partial charge in [-0.05, 0) is 58.0 Å². The number of aromatic amines is 1. The molecule has 0 saturated carbocycles. The third-order valence-corrected chi connectivity index (χ3v) is 4.24. The first kappa shape index (κ1) is 18.2. The molecule has 4 nitrogen and oxygen atoms in total. The van der Waals surface area contributed by atoms with Crippen LogP contribution < -0.4 is 10.1 Å². The molecule has 0 aliphatic carbocycles. The fourth-order valence-electron chi connectivity index (χ4n) is 2.96. The van der Waals surface area contributed by atoms with Gasteiger partial charge >= 0.3 is 0 Å². The van der Waals surface area contributed by atoms with E-state index in [1.807, 2.05) is 48.5 Å². The van der Waals surface area contributed by atoms with Crippen LogP contribution in [0.2, 0.25) is 0 Å². The second-order valence-corrected chi connectivity index (χ2v) is 7.48. The molecular formula is C22H26N2O2. The molecule has 0 spiro atoms. The molecule has 1 aromatic heterocycles. The van der Waals surface area contributed by atoms with E-state index in [2.05, 4.69) is 31.1 Å². The van der Waals surface area contributed by atoms with Crippen molar-refractivity contribution in [1.82, 2.24) is 10.3 Å². The maximum Gasteiger partial charge on any atom is 0.150 e. The smallest absolute Gasteiger partial charge is 0.150 e. The zero-order valence-corrected chi connectivity index (χ0v) is 15.6. The van der Waals surface area contributed by atoms with Crippen molar-refractivity contribution in [2.75, 3.05) is 13.2 Å². The fourth-order valence-corrected chi connectivity index (χ4v) is 2.96. The van der Waals surface area contributed by atoms with E-state index in [-0.39, 0.29) is 5.54 Å². The Morgan fingerprint density at radius 1 is 1.12 bits per heavy atom. The number of aromatic nitrogens is 1. The summed E-state index contributed by atoms with van der Waals surface area (Å²) in [7, 11) is 0. The highest BCUT2D eigenvalue weighted by atomic mass is 16.5. The van der Waals surface area contributed by atoms with Gasteiger partial charge in [-0.2, -0.15) is 0 Å². The third-order valence-electron chi connectivity index (χ3n) is 4.24. The second kappa shape index (κ2) is 7.75. The Morgan fingerprint density at radius 2 is 1.92 bits per heavy atom. The number of benzene rings is 2. The Balaban J connectivity index is 1.76. The number of carbonyl (C=O) groups excluding carboxylic acids is 1. The second-order valence-electron chi connectivity index (χ2n) is 7.48. The molecule has 0 radical (unpaired) electrons. The van der Waals surface area contributed by atoms with Crippen molar-refractivity contribution in [3.63, 3.8) is 0 Å². The topological polar surface area (TPSA) is 54.1 Å². The van der Waals surface area contributed by atoms with Crippen LogP contribution in [0.3, 0.4) is 0 Å². The first-order chi connectivity index (χ1) is 12.5. The molecule has 0 atom stereocenters. The molecule has 3 aromatic rings. The number of para-hydroxylation sites is 1. The Labute approximate surface area is 154 Å². The molecule has 4 heteroatoms. The normalized spacial score (nSPS) is 11.7. The van der Waals surface area contributed by atoms with Crippen LogP contribution in [-0.4, -0.2) is 30.0 Å². The summed E-state index contributed by atoms with van der Waals surface area (Å²) in [6.07, 6.45) is 1.83. The lowest BCUT2D eigenvalue weighted by molar-refractivity contribution is 0.112. The number of H-pyrrole nitrogens is 1. The zero-order valence-electron chi connectivity index (χ0n) is 15.6. The van der Waals surface area contributed by atoms with Crippen LogP contribution in [0.1, 0.15) is 37.6 Å². The predicted molar refractivity (Wildman–Crippen MR) is 107 cm³/mol. The summed E-state index contributed by atoms with van der Waals surface area (Å²) >= 11 is 0. The maximum atomic E-state index is 11.3. The van der Waals surface area contributed by atoms with Crippen LogP contribution in [0.25, 0.3) is 22.2 Å². The van der Waals surface area contributed by atoms with Crippen molar-refractivity contribution in [3.8, 4) is 17.0 Å². The molecule has 0 amide bonds. The highest BCUT2D eigenvalue weighted by molar-refractivity contribution is 5.99. The van der Waals surface area contributed by atoms with E-state index in [9.17, 15) is 4.79 Å². The lowest BCUT2D eigenvalue weighted by Gasteiger charge is -2.20. The molecule has 0 aliphatic rings. The summed E-state index contributed by atoms with van der Waals surface area (Å²) in [6, 6.07) is 15.7. The maximum absolute atomic E-state index is 11.3. The average Bonchev–Trinajstić information content (AvgIpc) is 3.05. The van der Waals surface area contributed by atoms with Crippen molar-refractivity contribution in [2.24, 2.45) is 0 Å². The van der Waals surface area contributed by atoms with E-state index >= 15 is 0 Å². The number of hydrogen-bond donors (Lipinski definition) is 2. The molecule has 0 saturated heterocycles. The molecule has 136 valence electrons. The highest BCUT2D eigenvalue weighted by Crippen LogP contribution is 2.32. The van der Waals surface area contributed by atoms with Crippen molar-refractivity contribution in [1.29, 1.82) is 0 Å². The molecule has 3 rings (SSSR count). The number of aldehydes is 1. The zero-order chi connectivity index (χ0) is 18.6. The lowest BCUT2D eigenvalue weighted by Crippen LogP contribution is -2.36. The van der Waals surface area contributed by atoms with E-state index in [1.165, 1.54) is 0 Å². The molecule has 2 N–H and O–H groups in total. The van der Waals surface area contributed by atoms with Gasteiger partial charge in [0.15, 0.2) is 6.29 Å². The Morgan fingerprint density at radius 3 is 2.69 bits per heavy atom. The van der Waals surface area contributed by atoms with Gasteiger partial charge in [0.05, 0.1) is 12.3 Å². The fraction of sp³-hybridized carbons (Fsp3) is 0.318. The van der Waals surface area contributed by atoms with Gasteiger partial charge in [-0.15, -0.1) is 0 Å². The van der Waals surface area contributed by atoms with Crippen LogP contribution in [-0.2, 0) is 0 Å². The number of rotatable bonds is 7.